The maximum Gasteiger partial charge on any atom is 0.198 e. The van der Waals surface area contributed by atoms with Gasteiger partial charge in [0, 0.05) is 12.5 Å². The highest BCUT2D eigenvalue weighted by atomic mass is 127. The SMILES string of the molecule is O=c1ccoc(Cc2ccccc2)c1I. The van der Waals surface area contributed by atoms with Crippen LogP contribution in [0.2, 0.25) is 0 Å². The molecule has 0 aliphatic heterocycles. The predicted molar refractivity (Wildman–Crippen MR) is 66.9 cm³/mol. The Morgan fingerprint density at radius 2 is 1.87 bits per heavy atom. The van der Waals surface area contributed by atoms with Gasteiger partial charge in [-0.1, -0.05) is 30.3 Å². The van der Waals surface area contributed by atoms with Gasteiger partial charge in [0.05, 0.1) is 9.83 Å². The van der Waals surface area contributed by atoms with E-state index >= 15 is 0 Å². The molecule has 0 N–H and O–H groups in total. The summed E-state index contributed by atoms with van der Waals surface area (Å²) in [5.74, 6) is 0.731. The first kappa shape index (κ1) is 10.4. The van der Waals surface area contributed by atoms with E-state index in [4.69, 9.17) is 4.42 Å². The average molecular weight is 312 g/mol. The maximum atomic E-state index is 11.4. The molecule has 1 aromatic carbocycles. The lowest BCUT2D eigenvalue weighted by Crippen LogP contribution is -2.06. The van der Waals surface area contributed by atoms with Gasteiger partial charge in [0.15, 0.2) is 5.43 Å². The highest BCUT2D eigenvalue weighted by Gasteiger charge is 2.06. The smallest absolute Gasteiger partial charge is 0.198 e. The fourth-order valence-corrected chi connectivity index (χ4v) is 1.84. The van der Waals surface area contributed by atoms with Crippen LogP contribution in [-0.4, -0.2) is 0 Å². The Hall–Kier alpha value is -1.10. The second kappa shape index (κ2) is 4.61. The van der Waals surface area contributed by atoms with E-state index in [1.54, 1.807) is 0 Å². The Morgan fingerprint density at radius 3 is 2.60 bits per heavy atom. The summed E-state index contributed by atoms with van der Waals surface area (Å²) in [7, 11) is 0. The third-order valence-corrected chi connectivity index (χ3v) is 3.23. The fourth-order valence-electron chi connectivity index (χ4n) is 1.34. The van der Waals surface area contributed by atoms with Gasteiger partial charge in [0.1, 0.15) is 5.76 Å². The Morgan fingerprint density at radius 1 is 1.13 bits per heavy atom. The van der Waals surface area contributed by atoms with E-state index in [0.717, 1.165) is 11.3 Å². The Balaban J connectivity index is 2.33. The van der Waals surface area contributed by atoms with Crippen LogP contribution in [0.1, 0.15) is 11.3 Å². The van der Waals surface area contributed by atoms with E-state index < -0.39 is 0 Å². The normalized spacial score (nSPS) is 10.2. The van der Waals surface area contributed by atoms with Gasteiger partial charge >= 0.3 is 0 Å². The molecule has 2 aromatic rings. The molecule has 1 heterocycles. The van der Waals surface area contributed by atoms with Crippen LogP contribution in [0.15, 0.2) is 51.9 Å². The summed E-state index contributed by atoms with van der Waals surface area (Å²) in [4.78, 5) is 11.4. The van der Waals surface area contributed by atoms with Gasteiger partial charge in [-0.25, -0.2) is 0 Å². The maximum absolute atomic E-state index is 11.4. The minimum atomic E-state index is 0.0211. The summed E-state index contributed by atoms with van der Waals surface area (Å²) in [5.41, 5.74) is 1.16. The van der Waals surface area contributed by atoms with Crippen LogP contribution < -0.4 is 5.43 Å². The summed E-state index contributed by atoms with van der Waals surface area (Å²) in [5, 5.41) is 0. The van der Waals surface area contributed by atoms with Gasteiger partial charge in [0.2, 0.25) is 0 Å². The molecule has 0 fully saturated rings. The van der Waals surface area contributed by atoms with Crippen molar-refractivity contribution in [3.63, 3.8) is 0 Å². The monoisotopic (exact) mass is 312 g/mol. The molecule has 0 saturated carbocycles. The molecule has 0 spiro atoms. The zero-order chi connectivity index (χ0) is 10.7. The van der Waals surface area contributed by atoms with E-state index in [0.29, 0.717) is 9.99 Å². The largest absolute Gasteiger partial charge is 0.468 e. The van der Waals surface area contributed by atoms with Gasteiger partial charge in [-0.3, -0.25) is 4.79 Å². The quantitative estimate of drug-likeness (QED) is 0.798. The number of rotatable bonds is 2. The Labute approximate surface area is 101 Å². The van der Waals surface area contributed by atoms with Crippen LogP contribution in [0.4, 0.5) is 0 Å². The van der Waals surface area contributed by atoms with Crippen molar-refractivity contribution in [2.75, 3.05) is 0 Å². The number of halogens is 1. The van der Waals surface area contributed by atoms with Crippen molar-refractivity contribution in [3.8, 4) is 0 Å². The van der Waals surface area contributed by atoms with Crippen LogP contribution in [0.3, 0.4) is 0 Å². The lowest BCUT2D eigenvalue weighted by molar-refractivity contribution is 0.496. The molecule has 0 aliphatic rings. The molecule has 0 atom stereocenters. The van der Waals surface area contributed by atoms with E-state index in [1.165, 1.54) is 12.3 Å². The zero-order valence-electron chi connectivity index (χ0n) is 7.94. The molecular formula is C12H9IO2. The molecular weight excluding hydrogens is 303 g/mol. The zero-order valence-corrected chi connectivity index (χ0v) is 10.1. The molecule has 2 rings (SSSR count). The first-order valence-corrected chi connectivity index (χ1v) is 5.65. The number of benzene rings is 1. The van der Waals surface area contributed by atoms with Crippen molar-refractivity contribution in [1.29, 1.82) is 0 Å². The second-order valence-electron chi connectivity index (χ2n) is 3.18. The third-order valence-electron chi connectivity index (χ3n) is 2.10. The van der Waals surface area contributed by atoms with Gasteiger partial charge < -0.3 is 4.42 Å². The molecule has 0 saturated heterocycles. The van der Waals surface area contributed by atoms with Crippen molar-refractivity contribution in [2.45, 2.75) is 6.42 Å². The fraction of sp³-hybridized carbons (Fsp3) is 0.0833. The van der Waals surface area contributed by atoms with E-state index in [1.807, 2.05) is 52.9 Å². The van der Waals surface area contributed by atoms with Crippen molar-refractivity contribution < 1.29 is 4.42 Å². The highest BCUT2D eigenvalue weighted by molar-refractivity contribution is 14.1. The van der Waals surface area contributed by atoms with Gasteiger partial charge in [-0.2, -0.15) is 0 Å². The van der Waals surface area contributed by atoms with Crippen molar-refractivity contribution >= 4 is 22.6 Å². The molecule has 0 bridgehead atoms. The van der Waals surface area contributed by atoms with Crippen LogP contribution in [0.25, 0.3) is 0 Å². The minimum absolute atomic E-state index is 0.0211. The summed E-state index contributed by atoms with van der Waals surface area (Å²) >= 11 is 2.03. The van der Waals surface area contributed by atoms with Crippen molar-refractivity contribution in [2.24, 2.45) is 0 Å². The number of hydrogen-bond acceptors (Lipinski definition) is 2. The van der Waals surface area contributed by atoms with Gasteiger partial charge in [-0.05, 0) is 28.2 Å². The molecule has 3 heteroatoms. The van der Waals surface area contributed by atoms with Crippen LogP contribution in [0.5, 0.6) is 0 Å². The molecule has 0 amide bonds. The van der Waals surface area contributed by atoms with E-state index in [9.17, 15) is 4.79 Å². The average Bonchev–Trinajstić information content (AvgIpc) is 2.26. The summed E-state index contributed by atoms with van der Waals surface area (Å²) in [6.07, 6.45) is 2.11. The van der Waals surface area contributed by atoms with Crippen molar-refractivity contribution in [3.05, 3.63) is 67.8 Å². The summed E-state index contributed by atoms with van der Waals surface area (Å²) in [6, 6.07) is 11.4. The molecule has 0 radical (unpaired) electrons. The van der Waals surface area contributed by atoms with Gasteiger partial charge in [0.25, 0.3) is 0 Å². The summed E-state index contributed by atoms with van der Waals surface area (Å²) in [6.45, 7) is 0. The molecule has 2 nitrogen and oxygen atoms in total. The first-order valence-electron chi connectivity index (χ1n) is 4.57. The third kappa shape index (κ3) is 2.47. The molecule has 0 aliphatic carbocycles. The van der Waals surface area contributed by atoms with Crippen molar-refractivity contribution in [1.82, 2.24) is 0 Å². The minimum Gasteiger partial charge on any atom is -0.468 e. The second-order valence-corrected chi connectivity index (χ2v) is 4.26. The van der Waals surface area contributed by atoms with E-state index in [2.05, 4.69) is 0 Å². The first-order chi connectivity index (χ1) is 7.27. The van der Waals surface area contributed by atoms with Crippen LogP contribution in [0, 0.1) is 3.57 Å². The topological polar surface area (TPSA) is 30.2 Å². The number of hydrogen-bond donors (Lipinski definition) is 0. The van der Waals surface area contributed by atoms with E-state index in [-0.39, 0.29) is 5.43 Å². The molecule has 15 heavy (non-hydrogen) atoms. The Bertz CT molecular complexity index is 503. The predicted octanol–water partition coefficient (Wildman–Crippen LogP) is 2.84. The Kier molecular flexibility index (Phi) is 3.20. The van der Waals surface area contributed by atoms with Crippen LogP contribution >= 0.6 is 22.6 Å². The highest BCUT2D eigenvalue weighted by Crippen LogP contribution is 2.12. The lowest BCUT2D eigenvalue weighted by atomic mass is 10.1. The standard InChI is InChI=1S/C12H9IO2/c13-12-10(14)6-7-15-11(12)8-9-4-2-1-3-5-9/h1-7H,8H2. The van der Waals surface area contributed by atoms with Gasteiger partial charge in [-0.15, -0.1) is 0 Å². The lowest BCUT2D eigenvalue weighted by Gasteiger charge is -2.01. The molecule has 0 unspecified atom stereocenters. The summed E-state index contributed by atoms with van der Waals surface area (Å²) < 4.78 is 6.00. The molecule has 1 aromatic heterocycles. The molecule has 76 valence electrons. The van der Waals surface area contributed by atoms with Crippen LogP contribution in [-0.2, 0) is 6.42 Å².